The molecule has 1 aromatic carbocycles. The lowest BCUT2D eigenvalue weighted by atomic mass is 10.0. The minimum Gasteiger partial charge on any atom is -0.294 e. The summed E-state index contributed by atoms with van der Waals surface area (Å²) < 4.78 is 1.80. The van der Waals surface area contributed by atoms with Gasteiger partial charge in [0, 0.05) is 12.1 Å². The van der Waals surface area contributed by atoms with Gasteiger partial charge in [0.05, 0.1) is 22.8 Å². The largest absolute Gasteiger partial charge is 0.294 e. The monoisotopic (exact) mass is 276 g/mol. The Morgan fingerprint density at radius 1 is 1.37 bits per heavy atom. The molecule has 4 heteroatoms. The summed E-state index contributed by atoms with van der Waals surface area (Å²) in [6, 6.07) is 7.61. The van der Waals surface area contributed by atoms with Crippen molar-refractivity contribution in [1.82, 2.24) is 9.78 Å². The van der Waals surface area contributed by atoms with E-state index in [4.69, 9.17) is 11.6 Å². The molecule has 0 bridgehead atoms. The molecule has 19 heavy (non-hydrogen) atoms. The third kappa shape index (κ3) is 2.87. The lowest BCUT2D eigenvalue weighted by molar-refractivity contribution is 0.0990. The van der Waals surface area contributed by atoms with Gasteiger partial charge in [-0.1, -0.05) is 35.4 Å². The van der Waals surface area contributed by atoms with Crippen molar-refractivity contribution in [1.29, 1.82) is 0 Å². The van der Waals surface area contributed by atoms with Gasteiger partial charge < -0.3 is 0 Å². The van der Waals surface area contributed by atoms with Crippen LogP contribution in [0.3, 0.4) is 0 Å². The first-order chi connectivity index (χ1) is 9.02. The Morgan fingerprint density at radius 2 is 2.11 bits per heavy atom. The summed E-state index contributed by atoms with van der Waals surface area (Å²) in [5.74, 6) is 0.0696. The Kier molecular flexibility index (Phi) is 4.05. The van der Waals surface area contributed by atoms with E-state index >= 15 is 0 Å². The van der Waals surface area contributed by atoms with Crippen LogP contribution in [0.2, 0.25) is 5.02 Å². The average Bonchev–Trinajstić information content (AvgIpc) is 2.66. The number of nitrogens with zero attached hydrogens (tertiary/aromatic N) is 2. The fourth-order valence-corrected chi connectivity index (χ4v) is 2.31. The van der Waals surface area contributed by atoms with Crippen LogP contribution in [0.4, 0.5) is 0 Å². The molecule has 0 aliphatic heterocycles. The molecule has 0 saturated carbocycles. The Morgan fingerprint density at radius 3 is 2.74 bits per heavy atom. The van der Waals surface area contributed by atoms with Gasteiger partial charge in [0.2, 0.25) is 0 Å². The number of aromatic nitrogens is 2. The van der Waals surface area contributed by atoms with Gasteiger partial charge in [-0.25, -0.2) is 0 Å². The van der Waals surface area contributed by atoms with Crippen LogP contribution in [-0.4, -0.2) is 15.6 Å². The maximum atomic E-state index is 12.3. The molecular weight excluding hydrogens is 260 g/mol. The van der Waals surface area contributed by atoms with Crippen LogP contribution in [0.25, 0.3) is 0 Å². The van der Waals surface area contributed by atoms with Crippen LogP contribution < -0.4 is 0 Å². The van der Waals surface area contributed by atoms with E-state index in [0.717, 1.165) is 22.5 Å². The standard InChI is InChI=1S/C15H17ClN2O/c1-4-18-13(15(16)11(3)17-18)9-14(19)12-7-5-6-10(2)8-12/h5-8H,4,9H2,1-3H3. The summed E-state index contributed by atoms with van der Waals surface area (Å²) in [5.41, 5.74) is 3.37. The SMILES string of the molecule is CCn1nc(C)c(Cl)c1CC(=O)c1cccc(C)c1. The van der Waals surface area contributed by atoms with Gasteiger partial charge in [-0.15, -0.1) is 0 Å². The third-order valence-electron chi connectivity index (χ3n) is 3.12. The van der Waals surface area contributed by atoms with Gasteiger partial charge in [0.15, 0.2) is 5.78 Å². The van der Waals surface area contributed by atoms with Crippen LogP contribution in [0.5, 0.6) is 0 Å². The molecule has 0 unspecified atom stereocenters. The Labute approximate surface area is 118 Å². The van der Waals surface area contributed by atoms with E-state index in [1.165, 1.54) is 0 Å². The van der Waals surface area contributed by atoms with Crippen molar-refractivity contribution in [3.8, 4) is 0 Å². The average molecular weight is 277 g/mol. The van der Waals surface area contributed by atoms with E-state index in [9.17, 15) is 4.79 Å². The number of carbonyl (C=O) groups excluding carboxylic acids is 1. The molecule has 3 nitrogen and oxygen atoms in total. The molecule has 2 aromatic rings. The summed E-state index contributed by atoms with van der Waals surface area (Å²) in [5, 5.41) is 4.93. The molecule has 0 amide bonds. The number of rotatable bonds is 4. The molecule has 100 valence electrons. The Bertz CT molecular complexity index is 617. The fourth-order valence-electron chi connectivity index (χ4n) is 2.11. The molecule has 0 N–H and O–H groups in total. The van der Waals surface area contributed by atoms with Crippen molar-refractivity contribution < 1.29 is 4.79 Å². The summed E-state index contributed by atoms with van der Waals surface area (Å²) >= 11 is 6.22. The zero-order valence-electron chi connectivity index (χ0n) is 11.4. The summed E-state index contributed by atoms with van der Waals surface area (Å²) in [4.78, 5) is 12.3. The smallest absolute Gasteiger partial charge is 0.168 e. The summed E-state index contributed by atoms with van der Waals surface area (Å²) in [7, 11) is 0. The molecular formula is C15H17ClN2O. The molecule has 2 rings (SSSR count). The van der Waals surface area contributed by atoms with Gasteiger partial charge in [-0.3, -0.25) is 9.48 Å². The predicted molar refractivity (Wildman–Crippen MR) is 76.9 cm³/mol. The van der Waals surface area contributed by atoms with E-state index in [1.54, 1.807) is 4.68 Å². The van der Waals surface area contributed by atoms with Gasteiger partial charge in [-0.2, -0.15) is 5.10 Å². The maximum absolute atomic E-state index is 12.3. The molecule has 0 atom stereocenters. The highest BCUT2D eigenvalue weighted by Crippen LogP contribution is 2.22. The number of hydrogen-bond acceptors (Lipinski definition) is 2. The number of Topliss-reactive ketones (excluding diaryl/α,β-unsaturated/α-hetero) is 1. The zero-order valence-corrected chi connectivity index (χ0v) is 12.2. The molecule has 0 fully saturated rings. The molecule has 0 saturated heterocycles. The highest BCUT2D eigenvalue weighted by Gasteiger charge is 2.16. The van der Waals surface area contributed by atoms with Crippen LogP contribution in [-0.2, 0) is 13.0 Å². The number of carbonyl (C=O) groups is 1. The topological polar surface area (TPSA) is 34.9 Å². The van der Waals surface area contributed by atoms with Crippen LogP contribution in [0.1, 0.15) is 34.2 Å². The van der Waals surface area contributed by atoms with E-state index < -0.39 is 0 Å². The first kappa shape index (κ1) is 13.8. The zero-order chi connectivity index (χ0) is 14.0. The van der Waals surface area contributed by atoms with Gasteiger partial charge >= 0.3 is 0 Å². The van der Waals surface area contributed by atoms with Gasteiger partial charge in [0.25, 0.3) is 0 Å². The first-order valence-corrected chi connectivity index (χ1v) is 6.72. The first-order valence-electron chi connectivity index (χ1n) is 6.34. The summed E-state index contributed by atoms with van der Waals surface area (Å²) in [6.45, 7) is 6.53. The number of halogens is 1. The molecule has 0 aliphatic carbocycles. The second-order valence-electron chi connectivity index (χ2n) is 4.63. The highest BCUT2D eigenvalue weighted by atomic mass is 35.5. The highest BCUT2D eigenvalue weighted by molar-refractivity contribution is 6.32. The lowest BCUT2D eigenvalue weighted by Crippen LogP contribution is -2.10. The van der Waals surface area contributed by atoms with Crippen molar-refractivity contribution >= 4 is 17.4 Å². The van der Waals surface area contributed by atoms with Gasteiger partial charge in [0.1, 0.15) is 0 Å². The van der Waals surface area contributed by atoms with Crippen molar-refractivity contribution in [2.75, 3.05) is 0 Å². The Balaban J connectivity index is 2.29. The molecule has 1 aromatic heterocycles. The molecule has 1 heterocycles. The van der Waals surface area contributed by atoms with E-state index in [1.807, 2.05) is 45.0 Å². The van der Waals surface area contributed by atoms with Crippen molar-refractivity contribution in [3.63, 3.8) is 0 Å². The van der Waals surface area contributed by atoms with Crippen molar-refractivity contribution in [3.05, 3.63) is 51.8 Å². The minimum absolute atomic E-state index is 0.0696. The molecule has 0 spiro atoms. The van der Waals surface area contributed by atoms with E-state index in [-0.39, 0.29) is 12.2 Å². The number of ketones is 1. The predicted octanol–water partition coefficient (Wildman–Crippen LogP) is 3.60. The normalized spacial score (nSPS) is 10.7. The number of aryl methyl sites for hydroxylation is 3. The van der Waals surface area contributed by atoms with E-state index in [2.05, 4.69) is 5.10 Å². The molecule has 0 aliphatic rings. The maximum Gasteiger partial charge on any atom is 0.168 e. The summed E-state index contributed by atoms with van der Waals surface area (Å²) in [6.07, 6.45) is 0.289. The second kappa shape index (κ2) is 5.57. The molecule has 0 radical (unpaired) electrons. The number of benzene rings is 1. The van der Waals surface area contributed by atoms with Crippen LogP contribution in [0.15, 0.2) is 24.3 Å². The lowest BCUT2D eigenvalue weighted by Gasteiger charge is -2.05. The van der Waals surface area contributed by atoms with Crippen molar-refractivity contribution in [2.24, 2.45) is 0 Å². The fraction of sp³-hybridized carbons (Fsp3) is 0.333. The quantitative estimate of drug-likeness (QED) is 0.800. The third-order valence-corrected chi connectivity index (χ3v) is 3.61. The second-order valence-corrected chi connectivity index (χ2v) is 5.01. The minimum atomic E-state index is 0.0696. The van der Waals surface area contributed by atoms with Gasteiger partial charge in [-0.05, 0) is 26.8 Å². The van der Waals surface area contributed by atoms with E-state index in [0.29, 0.717) is 11.6 Å². The van der Waals surface area contributed by atoms with Crippen molar-refractivity contribution in [2.45, 2.75) is 33.7 Å². The van der Waals surface area contributed by atoms with Crippen LogP contribution in [0, 0.1) is 13.8 Å². The number of hydrogen-bond donors (Lipinski definition) is 0. The Hall–Kier alpha value is -1.61. The van der Waals surface area contributed by atoms with Crippen LogP contribution >= 0.6 is 11.6 Å².